The number of hydrogen-bond donors (Lipinski definition) is 0. The van der Waals surface area contributed by atoms with Gasteiger partial charge in [-0.2, -0.15) is 0 Å². The van der Waals surface area contributed by atoms with Crippen molar-refractivity contribution in [2.75, 3.05) is 20.8 Å². The van der Waals surface area contributed by atoms with E-state index in [1.165, 1.54) is 46.8 Å². The Labute approximate surface area is 147 Å². The molecular formula is C16H27NO8. The summed E-state index contributed by atoms with van der Waals surface area (Å²) in [4.78, 5) is 47.0. The number of amides is 1. The Morgan fingerprint density at radius 1 is 0.920 bits per heavy atom. The molecule has 0 aliphatic rings. The van der Waals surface area contributed by atoms with E-state index in [1.807, 2.05) is 0 Å². The molecule has 0 fully saturated rings. The van der Waals surface area contributed by atoms with E-state index >= 15 is 0 Å². The van der Waals surface area contributed by atoms with Crippen molar-refractivity contribution < 1.29 is 38.1 Å². The van der Waals surface area contributed by atoms with Crippen LogP contribution in [0.15, 0.2) is 0 Å². The number of ether oxygens (including phenoxy) is 4. The van der Waals surface area contributed by atoms with Crippen LogP contribution in [-0.2, 0) is 38.1 Å². The molecule has 0 aromatic carbocycles. The van der Waals surface area contributed by atoms with Gasteiger partial charge in [-0.05, 0) is 6.92 Å². The fourth-order valence-electron chi connectivity index (χ4n) is 2.44. The van der Waals surface area contributed by atoms with Gasteiger partial charge in [0.05, 0.1) is 0 Å². The molecular weight excluding hydrogens is 334 g/mol. The summed E-state index contributed by atoms with van der Waals surface area (Å²) in [5.74, 6) is -2.04. The minimum Gasteiger partial charge on any atom is -0.462 e. The maximum Gasteiger partial charge on any atom is 0.303 e. The van der Waals surface area contributed by atoms with E-state index in [0.717, 1.165) is 0 Å². The fourth-order valence-corrected chi connectivity index (χ4v) is 2.44. The lowest BCUT2D eigenvalue weighted by atomic mass is 9.98. The minimum absolute atomic E-state index is 0.274. The van der Waals surface area contributed by atoms with E-state index in [4.69, 9.17) is 18.9 Å². The molecule has 0 saturated carbocycles. The standard InChI is InChI=1S/C16H27NO8/c1-9(24-12(4)20)16(22-7)15(17(6)10(2)18)14(25-13(5)21)8-23-11(3)19/h9,14-16H,8H2,1-7H3. The van der Waals surface area contributed by atoms with Crippen molar-refractivity contribution in [3.05, 3.63) is 0 Å². The third-order valence-electron chi connectivity index (χ3n) is 3.52. The van der Waals surface area contributed by atoms with Gasteiger partial charge in [0.25, 0.3) is 0 Å². The van der Waals surface area contributed by atoms with E-state index in [2.05, 4.69) is 0 Å². The van der Waals surface area contributed by atoms with Gasteiger partial charge < -0.3 is 23.8 Å². The lowest BCUT2D eigenvalue weighted by molar-refractivity contribution is -0.176. The van der Waals surface area contributed by atoms with Crippen LogP contribution in [0, 0.1) is 0 Å². The monoisotopic (exact) mass is 361 g/mol. The van der Waals surface area contributed by atoms with Gasteiger partial charge in [0.15, 0.2) is 6.10 Å². The van der Waals surface area contributed by atoms with Crippen molar-refractivity contribution in [2.45, 2.75) is 59.0 Å². The molecule has 9 heteroatoms. The van der Waals surface area contributed by atoms with Crippen LogP contribution in [0.2, 0.25) is 0 Å². The number of rotatable bonds is 9. The van der Waals surface area contributed by atoms with Gasteiger partial charge in [0.2, 0.25) is 5.91 Å². The Bertz CT molecular complexity index is 493. The van der Waals surface area contributed by atoms with Crippen LogP contribution in [0.4, 0.5) is 0 Å². The van der Waals surface area contributed by atoms with Gasteiger partial charge in [-0.3, -0.25) is 19.2 Å². The molecule has 0 aromatic rings. The number of esters is 3. The van der Waals surface area contributed by atoms with Gasteiger partial charge in [-0.25, -0.2) is 0 Å². The average Bonchev–Trinajstić information content (AvgIpc) is 2.46. The van der Waals surface area contributed by atoms with E-state index in [9.17, 15) is 19.2 Å². The van der Waals surface area contributed by atoms with E-state index in [1.54, 1.807) is 6.92 Å². The summed E-state index contributed by atoms with van der Waals surface area (Å²) in [6.45, 7) is 6.30. The first-order valence-electron chi connectivity index (χ1n) is 7.75. The van der Waals surface area contributed by atoms with Crippen LogP contribution in [0.25, 0.3) is 0 Å². The van der Waals surface area contributed by atoms with E-state index in [0.29, 0.717) is 0 Å². The highest BCUT2D eigenvalue weighted by Crippen LogP contribution is 2.20. The summed E-state index contributed by atoms with van der Waals surface area (Å²) in [5.41, 5.74) is 0. The van der Waals surface area contributed by atoms with Crippen molar-refractivity contribution in [1.82, 2.24) is 4.90 Å². The molecule has 1 amide bonds. The predicted molar refractivity (Wildman–Crippen MR) is 86.4 cm³/mol. The van der Waals surface area contributed by atoms with Crippen LogP contribution < -0.4 is 0 Å². The summed E-state index contributed by atoms with van der Waals surface area (Å²) in [5, 5.41) is 0. The lowest BCUT2D eigenvalue weighted by Crippen LogP contribution is -2.58. The molecule has 0 spiro atoms. The Morgan fingerprint density at radius 3 is 1.80 bits per heavy atom. The second-order valence-electron chi connectivity index (χ2n) is 5.59. The second kappa shape index (κ2) is 10.7. The molecule has 0 N–H and O–H groups in total. The van der Waals surface area contributed by atoms with Crippen molar-refractivity contribution >= 4 is 23.8 Å². The van der Waals surface area contributed by atoms with Crippen LogP contribution in [-0.4, -0.2) is 73.8 Å². The van der Waals surface area contributed by atoms with Crippen molar-refractivity contribution in [3.63, 3.8) is 0 Å². The normalized spacial score (nSPS) is 15.3. The average molecular weight is 361 g/mol. The number of hydrogen-bond acceptors (Lipinski definition) is 8. The van der Waals surface area contributed by atoms with Crippen LogP contribution in [0.3, 0.4) is 0 Å². The molecule has 0 aliphatic heterocycles. The number of carbonyl (C=O) groups is 4. The molecule has 0 bridgehead atoms. The zero-order chi connectivity index (χ0) is 19.7. The van der Waals surface area contributed by atoms with Gasteiger partial charge in [-0.15, -0.1) is 0 Å². The van der Waals surface area contributed by atoms with Gasteiger partial charge in [-0.1, -0.05) is 0 Å². The molecule has 0 heterocycles. The maximum atomic E-state index is 11.9. The van der Waals surface area contributed by atoms with Crippen molar-refractivity contribution in [1.29, 1.82) is 0 Å². The van der Waals surface area contributed by atoms with Crippen LogP contribution >= 0.6 is 0 Å². The SMILES string of the molecule is COC(C(C)OC(C)=O)C(C(COC(C)=O)OC(C)=O)N(C)C(C)=O. The third-order valence-corrected chi connectivity index (χ3v) is 3.52. The Kier molecular flexibility index (Phi) is 9.73. The number of likely N-dealkylation sites (N-methyl/N-ethyl adjacent to an activating group) is 1. The lowest BCUT2D eigenvalue weighted by Gasteiger charge is -2.39. The number of methoxy groups -OCH3 is 1. The minimum atomic E-state index is -1.00. The molecule has 4 atom stereocenters. The molecule has 144 valence electrons. The number of nitrogens with zero attached hydrogens (tertiary/aromatic N) is 1. The maximum absolute atomic E-state index is 11.9. The highest BCUT2D eigenvalue weighted by atomic mass is 16.6. The largest absolute Gasteiger partial charge is 0.462 e. The quantitative estimate of drug-likeness (QED) is 0.426. The molecule has 0 aromatic heterocycles. The summed E-state index contributed by atoms with van der Waals surface area (Å²) < 4.78 is 20.8. The summed E-state index contributed by atoms with van der Waals surface area (Å²) >= 11 is 0. The molecule has 0 aliphatic carbocycles. The molecule has 25 heavy (non-hydrogen) atoms. The first kappa shape index (κ1) is 22.8. The van der Waals surface area contributed by atoms with Gasteiger partial charge >= 0.3 is 17.9 Å². The summed E-state index contributed by atoms with van der Waals surface area (Å²) in [6, 6.07) is -0.847. The first-order valence-corrected chi connectivity index (χ1v) is 7.75. The Balaban J connectivity index is 5.76. The van der Waals surface area contributed by atoms with Crippen LogP contribution in [0.1, 0.15) is 34.6 Å². The Hall–Kier alpha value is -2.16. The Morgan fingerprint density at radius 2 is 1.44 bits per heavy atom. The summed E-state index contributed by atoms with van der Waals surface area (Å²) in [6.07, 6.45) is -2.57. The molecule has 0 rings (SSSR count). The molecule has 4 unspecified atom stereocenters. The van der Waals surface area contributed by atoms with Crippen molar-refractivity contribution in [2.24, 2.45) is 0 Å². The topological polar surface area (TPSA) is 108 Å². The van der Waals surface area contributed by atoms with Crippen LogP contribution in [0.5, 0.6) is 0 Å². The van der Waals surface area contributed by atoms with E-state index < -0.39 is 42.3 Å². The zero-order valence-electron chi connectivity index (χ0n) is 15.7. The molecule has 0 radical (unpaired) electrons. The zero-order valence-corrected chi connectivity index (χ0v) is 15.7. The molecule has 0 saturated heterocycles. The predicted octanol–water partition coefficient (Wildman–Crippen LogP) is 0.295. The number of carbonyl (C=O) groups excluding carboxylic acids is 4. The van der Waals surface area contributed by atoms with Gasteiger partial charge in [0.1, 0.15) is 24.9 Å². The smallest absolute Gasteiger partial charge is 0.303 e. The van der Waals surface area contributed by atoms with E-state index in [-0.39, 0.29) is 12.5 Å². The highest BCUT2D eigenvalue weighted by Gasteiger charge is 2.41. The first-order chi connectivity index (χ1) is 11.5. The highest BCUT2D eigenvalue weighted by molar-refractivity contribution is 5.73. The summed E-state index contributed by atoms with van der Waals surface area (Å²) in [7, 11) is 2.87. The van der Waals surface area contributed by atoms with Crippen molar-refractivity contribution in [3.8, 4) is 0 Å². The second-order valence-corrected chi connectivity index (χ2v) is 5.59. The third kappa shape index (κ3) is 7.97. The fraction of sp³-hybridized carbons (Fsp3) is 0.750. The van der Waals surface area contributed by atoms with Gasteiger partial charge in [0, 0.05) is 41.9 Å². The molecule has 9 nitrogen and oxygen atoms in total.